The number of carbonyl (C=O) groups excluding carboxylic acids is 2. The van der Waals surface area contributed by atoms with Crippen LogP contribution >= 0.6 is 11.7 Å². The molecule has 0 bridgehead atoms. The van der Waals surface area contributed by atoms with Crippen LogP contribution in [-0.2, 0) is 14.8 Å². The molecule has 2 aromatic heterocycles. The normalized spacial score (nSPS) is 16.5. The van der Waals surface area contributed by atoms with Crippen LogP contribution in [0.25, 0.3) is 11.0 Å². The second kappa shape index (κ2) is 8.13. The van der Waals surface area contributed by atoms with Gasteiger partial charge in [0, 0.05) is 26.2 Å². The van der Waals surface area contributed by atoms with Gasteiger partial charge in [0.1, 0.15) is 22.0 Å². The average Bonchev–Trinajstić information content (AvgIpc) is 3.44. The van der Waals surface area contributed by atoms with Gasteiger partial charge in [-0.3, -0.25) is 9.59 Å². The quantitative estimate of drug-likeness (QED) is 0.614. The lowest BCUT2D eigenvalue weighted by atomic mass is 10.2. The van der Waals surface area contributed by atoms with Gasteiger partial charge in [0.15, 0.2) is 5.76 Å². The van der Waals surface area contributed by atoms with E-state index in [0.717, 1.165) is 11.7 Å². The highest BCUT2D eigenvalue weighted by Crippen LogP contribution is 2.25. The number of sulfonamides is 1. The van der Waals surface area contributed by atoms with Crippen LogP contribution in [0, 0.1) is 0 Å². The van der Waals surface area contributed by atoms with Gasteiger partial charge in [0.25, 0.3) is 5.91 Å². The first kappa shape index (κ1) is 20.4. The summed E-state index contributed by atoms with van der Waals surface area (Å²) in [4.78, 5) is 26.4. The smallest absolute Gasteiger partial charge is 0.287 e. The van der Waals surface area contributed by atoms with Crippen molar-refractivity contribution in [1.29, 1.82) is 0 Å². The van der Waals surface area contributed by atoms with Crippen LogP contribution in [-0.4, -0.2) is 70.4 Å². The second-order valence-corrected chi connectivity index (χ2v) is 9.22. The summed E-state index contributed by atoms with van der Waals surface area (Å²) in [6, 6.07) is 7.20. The zero-order valence-corrected chi connectivity index (χ0v) is 17.6. The van der Waals surface area contributed by atoms with Gasteiger partial charge in [-0.1, -0.05) is 6.07 Å². The minimum atomic E-state index is -3.76. The Bertz CT molecular complexity index is 1170. The summed E-state index contributed by atoms with van der Waals surface area (Å²) >= 11 is 0.964. The van der Waals surface area contributed by atoms with Gasteiger partial charge in [-0.2, -0.15) is 13.1 Å². The molecule has 1 saturated heterocycles. The van der Waals surface area contributed by atoms with E-state index in [1.807, 2.05) is 0 Å². The monoisotopic (exact) mass is 449 g/mol. The Balaban J connectivity index is 1.40. The number of fused-ring (bicyclic) bond motifs is 1. The molecule has 0 saturated carbocycles. The van der Waals surface area contributed by atoms with Crippen LogP contribution in [0.4, 0.5) is 0 Å². The maximum absolute atomic E-state index is 13.1. The minimum Gasteiger partial charge on any atom is -0.459 e. The number of hydrogen-bond donors (Lipinski definition) is 1. The van der Waals surface area contributed by atoms with Crippen molar-refractivity contribution < 1.29 is 22.4 Å². The molecule has 0 radical (unpaired) electrons. The number of piperazine rings is 1. The first-order valence-corrected chi connectivity index (χ1v) is 11.4. The molecule has 0 aliphatic carbocycles. The number of amides is 2. The van der Waals surface area contributed by atoms with E-state index in [2.05, 4.69) is 14.1 Å². The topological polar surface area (TPSA) is 126 Å². The van der Waals surface area contributed by atoms with Crippen molar-refractivity contribution >= 4 is 44.6 Å². The summed E-state index contributed by atoms with van der Waals surface area (Å²) < 4.78 is 40.7. The van der Waals surface area contributed by atoms with Crippen molar-refractivity contribution in [3.63, 3.8) is 0 Å². The van der Waals surface area contributed by atoms with Gasteiger partial charge in [0.2, 0.25) is 15.9 Å². The molecule has 0 unspecified atom stereocenters. The summed E-state index contributed by atoms with van der Waals surface area (Å²) in [5.74, 6) is -0.638. The van der Waals surface area contributed by atoms with E-state index in [-0.39, 0.29) is 42.7 Å². The molecule has 3 heterocycles. The molecular formula is C18H19N5O5S2. The summed E-state index contributed by atoms with van der Waals surface area (Å²) in [7, 11) is -3.76. The number of nitrogens with zero attached hydrogens (tertiary/aromatic N) is 4. The molecular weight excluding hydrogens is 430 g/mol. The van der Waals surface area contributed by atoms with Gasteiger partial charge >= 0.3 is 0 Å². The number of nitrogens with one attached hydrogen (secondary N) is 1. The lowest BCUT2D eigenvalue weighted by Crippen LogP contribution is -2.55. The van der Waals surface area contributed by atoms with E-state index < -0.39 is 22.0 Å². The van der Waals surface area contributed by atoms with Gasteiger partial charge in [-0.05, 0) is 31.2 Å². The fourth-order valence-electron chi connectivity index (χ4n) is 3.29. The van der Waals surface area contributed by atoms with Crippen LogP contribution in [0.3, 0.4) is 0 Å². The SMILES string of the molecule is C[C@H](NC(=O)c1ccco1)C(=O)N1CCN(S(=O)(=O)c2cccc3nsnc23)CC1. The predicted octanol–water partition coefficient (Wildman–Crippen LogP) is 0.936. The van der Waals surface area contributed by atoms with Crippen molar-refractivity contribution in [2.24, 2.45) is 0 Å². The van der Waals surface area contributed by atoms with E-state index in [9.17, 15) is 18.0 Å². The van der Waals surface area contributed by atoms with Crippen LogP contribution < -0.4 is 5.32 Å². The maximum atomic E-state index is 13.1. The van der Waals surface area contributed by atoms with Crippen LogP contribution in [0.2, 0.25) is 0 Å². The molecule has 3 aromatic rings. The summed E-state index contributed by atoms with van der Waals surface area (Å²) in [5.41, 5.74) is 0.895. The third kappa shape index (κ3) is 3.80. The predicted molar refractivity (Wildman–Crippen MR) is 108 cm³/mol. The Morgan fingerprint density at radius 1 is 1.13 bits per heavy atom. The fraction of sp³-hybridized carbons (Fsp3) is 0.333. The number of hydrogen-bond acceptors (Lipinski definition) is 8. The molecule has 1 aliphatic rings. The van der Waals surface area contributed by atoms with Crippen molar-refractivity contribution in [2.45, 2.75) is 17.9 Å². The highest BCUT2D eigenvalue weighted by atomic mass is 32.2. The number of furan rings is 1. The molecule has 30 heavy (non-hydrogen) atoms. The van der Waals surface area contributed by atoms with Crippen LogP contribution in [0.1, 0.15) is 17.5 Å². The number of benzene rings is 1. The third-order valence-electron chi connectivity index (χ3n) is 4.88. The number of aromatic nitrogens is 2. The molecule has 1 aromatic carbocycles. The molecule has 1 fully saturated rings. The Morgan fingerprint density at radius 3 is 2.60 bits per heavy atom. The lowest BCUT2D eigenvalue weighted by Gasteiger charge is -2.35. The molecule has 158 valence electrons. The minimum absolute atomic E-state index is 0.118. The first-order chi connectivity index (χ1) is 14.4. The highest BCUT2D eigenvalue weighted by Gasteiger charge is 2.33. The average molecular weight is 450 g/mol. The second-order valence-electron chi connectivity index (χ2n) is 6.79. The molecule has 1 aliphatic heterocycles. The summed E-state index contributed by atoms with van der Waals surface area (Å²) in [6.45, 7) is 2.35. The largest absolute Gasteiger partial charge is 0.459 e. The number of rotatable bonds is 5. The van der Waals surface area contributed by atoms with Crippen molar-refractivity contribution in [2.75, 3.05) is 26.2 Å². The van der Waals surface area contributed by atoms with Gasteiger partial charge in [-0.15, -0.1) is 0 Å². The third-order valence-corrected chi connectivity index (χ3v) is 7.35. The Hall–Kier alpha value is -2.83. The number of carbonyl (C=O) groups is 2. The maximum Gasteiger partial charge on any atom is 0.287 e. The molecule has 4 rings (SSSR count). The summed E-state index contributed by atoms with van der Waals surface area (Å²) in [6.07, 6.45) is 1.38. The van der Waals surface area contributed by atoms with E-state index in [1.54, 1.807) is 30.0 Å². The Morgan fingerprint density at radius 2 is 1.90 bits per heavy atom. The van der Waals surface area contributed by atoms with Crippen molar-refractivity contribution in [3.8, 4) is 0 Å². The van der Waals surface area contributed by atoms with Crippen molar-refractivity contribution in [1.82, 2.24) is 23.3 Å². The van der Waals surface area contributed by atoms with E-state index in [0.29, 0.717) is 11.0 Å². The Kier molecular flexibility index (Phi) is 5.54. The van der Waals surface area contributed by atoms with E-state index in [4.69, 9.17) is 4.42 Å². The van der Waals surface area contributed by atoms with E-state index >= 15 is 0 Å². The highest BCUT2D eigenvalue weighted by molar-refractivity contribution is 7.89. The molecule has 12 heteroatoms. The zero-order chi connectivity index (χ0) is 21.3. The lowest BCUT2D eigenvalue weighted by molar-refractivity contribution is -0.134. The van der Waals surface area contributed by atoms with Gasteiger partial charge < -0.3 is 14.6 Å². The molecule has 1 N–H and O–H groups in total. The molecule has 10 nitrogen and oxygen atoms in total. The molecule has 1 atom stereocenters. The standard InChI is InChI=1S/C18H19N5O5S2/c1-12(19-17(24)14-5-3-11-28-14)18(25)22-7-9-23(10-8-22)30(26,27)15-6-2-4-13-16(15)21-29-20-13/h2-6,11-12H,7-10H2,1H3,(H,19,24)/t12-/m0/s1. The molecule has 2 amide bonds. The van der Waals surface area contributed by atoms with Gasteiger partial charge in [0.05, 0.1) is 18.0 Å². The molecule has 0 spiro atoms. The van der Waals surface area contributed by atoms with E-state index in [1.165, 1.54) is 22.7 Å². The summed E-state index contributed by atoms with van der Waals surface area (Å²) in [5, 5.41) is 2.59. The zero-order valence-electron chi connectivity index (χ0n) is 16.0. The Labute approximate surface area is 176 Å². The fourth-order valence-corrected chi connectivity index (χ4v) is 5.46. The van der Waals surface area contributed by atoms with Gasteiger partial charge in [-0.25, -0.2) is 8.42 Å². The van der Waals surface area contributed by atoms with Crippen LogP contribution in [0.5, 0.6) is 0 Å². The van der Waals surface area contributed by atoms with Crippen molar-refractivity contribution in [3.05, 3.63) is 42.4 Å². The first-order valence-electron chi connectivity index (χ1n) is 9.22. The van der Waals surface area contributed by atoms with Crippen LogP contribution in [0.15, 0.2) is 45.9 Å².